The molecule has 2 aliphatic rings. The standard InChI is InChI=1S/C19H21Cl2N3O/c1-18(2)15(24-9-5-8-23-17(24)21)19(3,4)16(18)25-13-7-6-12(11-22)14(20)10-13/h5-10,15-17H,1-4H3. The van der Waals surface area contributed by atoms with Crippen LogP contribution in [0.3, 0.4) is 0 Å². The first-order valence-corrected chi connectivity index (χ1v) is 8.99. The van der Waals surface area contributed by atoms with Crippen molar-refractivity contribution in [3.05, 3.63) is 41.1 Å². The van der Waals surface area contributed by atoms with E-state index < -0.39 is 5.62 Å². The topological polar surface area (TPSA) is 48.6 Å². The average Bonchev–Trinajstić information content (AvgIpc) is 2.54. The first kappa shape index (κ1) is 18.1. The van der Waals surface area contributed by atoms with Crippen molar-refractivity contribution in [1.82, 2.24) is 4.90 Å². The van der Waals surface area contributed by atoms with E-state index in [0.29, 0.717) is 16.3 Å². The van der Waals surface area contributed by atoms with Crippen molar-refractivity contribution in [2.45, 2.75) is 45.5 Å². The average molecular weight is 378 g/mol. The molecule has 0 amide bonds. The molecule has 0 saturated heterocycles. The van der Waals surface area contributed by atoms with Gasteiger partial charge in [0.1, 0.15) is 17.9 Å². The molecule has 132 valence electrons. The van der Waals surface area contributed by atoms with Gasteiger partial charge in [0.15, 0.2) is 5.62 Å². The van der Waals surface area contributed by atoms with E-state index in [-0.39, 0.29) is 23.0 Å². The van der Waals surface area contributed by atoms with Crippen molar-refractivity contribution in [3.63, 3.8) is 0 Å². The number of nitrogens with zero attached hydrogens (tertiary/aromatic N) is 3. The van der Waals surface area contributed by atoms with Crippen molar-refractivity contribution in [2.75, 3.05) is 0 Å². The summed E-state index contributed by atoms with van der Waals surface area (Å²) in [4.78, 5) is 6.37. The number of benzene rings is 1. The molecule has 3 rings (SSSR count). The third-order valence-corrected chi connectivity index (χ3v) is 5.82. The second-order valence-corrected chi connectivity index (χ2v) is 8.49. The Balaban J connectivity index is 1.84. The highest BCUT2D eigenvalue weighted by molar-refractivity contribution is 6.31. The van der Waals surface area contributed by atoms with Gasteiger partial charge in [0.2, 0.25) is 0 Å². The molecule has 1 aliphatic heterocycles. The summed E-state index contributed by atoms with van der Waals surface area (Å²) in [5.41, 5.74) is -0.248. The molecule has 1 heterocycles. The van der Waals surface area contributed by atoms with Crippen LogP contribution in [0.1, 0.15) is 33.3 Å². The molecule has 25 heavy (non-hydrogen) atoms. The Morgan fingerprint density at radius 3 is 2.48 bits per heavy atom. The monoisotopic (exact) mass is 377 g/mol. The number of halogens is 2. The normalized spacial score (nSPS) is 29.0. The van der Waals surface area contributed by atoms with Crippen LogP contribution in [-0.2, 0) is 0 Å². The molecule has 0 spiro atoms. The number of nitriles is 1. The highest BCUT2D eigenvalue weighted by Gasteiger charge is 2.66. The van der Waals surface area contributed by atoms with Crippen LogP contribution in [0.4, 0.5) is 0 Å². The number of alkyl halides is 1. The Labute approximate surface area is 158 Å². The summed E-state index contributed by atoms with van der Waals surface area (Å²) in [6.07, 6.45) is 5.59. The Kier molecular flexibility index (Phi) is 4.51. The van der Waals surface area contributed by atoms with E-state index in [4.69, 9.17) is 33.2 Å². The van der Waals surface area contributed by atoms with Gasteiger partial charge in [-0.1, -0.05) is 50.9 Å². The molecule has 1 atom stereocenters. The maximum atomic E-state index is 9.01. The zero-order valence-corrected chi connectivity index (χ0v) is 16.2. The summed E-state index contributed by atoms with van der Waals surface area (Å²) >= 11 is 12.5. The number of rotatable bonds is 3. The van der Waals surface area contributed by atoms with Gasteiger partial charge in [-0.3, -0.25) is 4.99 Å². The number of allylic oxidation sites excluding steroid dienone is 1. The van der Waals surface area contributed by atoms with Gasteiger partial charge in [0, 0.05) is 35.4 Å². The first-order valence-electron chi connectivity index (χ1n) is 8.17. The molecule has 1 fully saturated rings. The van der Waals surface area contributed by atoms with Crippen molar-refractivity contribution in [1.29, 1.82) is 5.26 Å². The molecule has 0 radical (unpaired) electrons. The van der Waals surface area contributed by atoms with Crippen LogP contribution in [0.5, 0.6) is 5.75 Å². The zero-order chi connectivity index (χ0) is 18.4. The minimum atomic E-state index is -0.404. The van der Waals surface area contributed by atoms with Crippen LogP contribution >= 0.6 is 23.2 Å². The van der Waals surface area contributed by atoms with Gasteiger partial charge in [-0.15, -0.1) is 0 Å². The fraction of sp³-hybridized carbons (Fsp3) is 0.474. The third-order valence-electron chi connectivity index (χ3n) is 5.17. The second kappa shape index (κ2) is 6.23. The predicted octanol–water partition coefficient (Wildman–Crippen LogP) is 4.82. The molecule has 1 aromatic rings. The van der Waals surface area contributed by atoms with E-state index in [0.717, 1.165) is 0 Å². The summed E-state index contributed by atoms with van der Waals surface area (Å²) in [5.74, 6) is 0.670. The maximum absolute atomic E-state index is 9.01. The smallest absolute Gasteiger partial charge is 0.197 e. The van der Waals surface area contributed by atoms with Gasteiger partial charge in [-0.25, -0.2) is 0 Å². The van der Waals surface area contributed by atoms with Crippen molar-refractivity contribution in [2.24, 2.45) is 15.8 Å². The van der Waals surface area contributed by atoms with Gasteiger partial charge < -0.3 is 9.64 Å². The molecule has 0 bridgehead atoms. The minimum Gasteiger partial charge on any atom is -0.489 e. The zero-order valence-electron chi connectivity index (χ0n) is 14.7. The summed E-state index contributed by atoms with van der Waals surface area (Å²) in [7, 11) is 0. The lowest BCUT2D eigenvalue weighted by atomic mass is 9.49. The highest BCUT2D eigenvalue weighted by Crippen LogP contribution is 2.58. The van der Waals surface area contributed by atoms with Gasteiger partial charge in [0.05, 0.1) is 10.6 Å². The SMILES string of the molecule is CC1(C)C(Oc2ccc(C#N)c(Cl)c2)C(C)(C)C1N1C=CC=NC1Cl. The molecular weight excluding hydrogens is 357 g/mol. The fourth-order valence-electron chi connectivity index (χ4n) is 4.59. The molecule has 1 unspecified atom stereocenters. The number of ether oxygens (including phenoxy) is 1. The summed E-state index contributed by atoms with van der Waals surface area (Å²) in [5, 5.41) is 9.41. The third kappa shape index (κ3) is 2.90. The van der Waals surface area contributed by atoms with Crippen LogP contribution in [0.15, 0.2) is 35.5 Å². The summed E-state index contributed by atoms with van der Waals surface area (Å²) in [6, 6.07) is 7.42. The maximum Gasteiger partial charge on any atom is 0.197 e. The molecule has 6 heteroatoms. The van der Waals surface area contributed by atoms with E-state index in [1.54, 1.807) is 24.4 Å². The van der Waals surface area contributed by atoms with E-state index in [1.807, 2.05) is 12.3 Å². The van der Waals surface area contributed by atoms with E-state index >= 15 is 0 Å². The molecule has 1 aromatic carbocycles. The number of hydrogen-bond acceptors (Lipinski definition) is 4. The van der Waals surface area contributed by atoms with Crippen molar-refractivity contribution >= 4 is 29.4 Å². The Morgan fingerprint density at radius 2 is 1.92 bits per heavy atom. The molecule has 1 aliphatic carbocycles. The molecule has 4 nitrogen and oxygen atoms in total. The lowest BCUT2D eigenvalue weighted by molar-refractivity contribution is -0.202. The predicted molar refractivity (Wildman–Crippen MR) is 101 cm³/mol. The lowest BCUT2D eigenvalue weighted by Gasteiger charge is -2.66. The number of hydrogen-bond donors (Lipinski definition) is 0. The molecule has 0 N–H and O–H groups in total. The van der Waals surface area contributed by atoms with Crippen LogP contribution in [0, 0.1) is 22.2 Å². The van der Waals surface area contributed by atoms with Crippen LogP contribution in [0.2, 0.25) is 5.02 Å². The Bertz CT molecular complexity index is 763. The van der Waals surface area contributed by atoms with Gasteiger partial charge >= 0.3 is 0 Å². The van der Waals surface area contributed by atoms with E-state index in [9.17, 15) is 0 Å². The Morgan fingerprint density at radius 1 is 1.24 bits per heavy atom. The summed E-state index contributed by atoms with van der Waals surface area (Å²) < 4.78 is 6.29. The Hall–Kier alpha value is -1.70. The van der Waals surface area contributed by atoms with Crippen molar-refractivity contribution in [3.8, 4) is 11.8 Å². The lowest BCUT2D eigenvalue weighted by Crippen LogP contribution is -2.74. The van der Waals surface area contributed by atoms with Crippen LogP contribution < -0.4 is 4.74 Å². The van der Waals surface area contributed by atoms with Gasteiger partial charge in [-0.2, -0.15) is 5.26 Å². The largest absolute Gasteiger partial charge is 0.489 e. The highest BCUT2D eigenvalue weighted by atomic mass is 35.5. The molecule has 0 aromatic heterocycles. The van der Waals surface area contributed by atoms with Gasteiger partial charge in [0.25, 0.3) is 0 Å². The molecular formula is C19H21Cl2N3O. The van der Waals surface area contributed by atoms with Crippen LogP contribution in [-0.4, -0.2) is 28.9 Å². The van der Waals surface area contributed by atoms with Crippen molar-refractivity contribution < 1.29 is 4.74 Å². The van der Waals surface area contributed by atoms with Crippen LogP contribution in [0.25, 0.3) is 0 Å². The number of aliphatic imine (C=N–C) groups is 1. The van der Waals surface area contributed by atoms with E-state index in [1.165, 1.54) is 0 Å². The second-order valence-electron chi connectivity index (χ2n) is 7.69. The van der Waals surface area contributed by atoms with E-state index in [2.05, 4.69) is 43.7 Å². The first-order chi connectivity index (χ1) is 11.7. The quantitative estimate of drug-likeness (QED) is 0.560. The fourth-order valence-corrected chi connectivity index (χ4v) is 5.05. The minimum absolute atomic E-state index is 0.0304. The summed E-state index contributed by atoms with van der Waals surface area (Å²) in [6.45, 7) is 8.70. The molecule has 1 saturated carbocycles. The van der Waals surface area contributed by atoms with Gasteiger partial charge in [-0.05, 0) is 18.2 Å².